The molecule has 0 saturated carbocycles. The van der Waals surface area contributed by atoms with E-state index in [-0.39, 0.29) is 0 Å². The van der Waals surface area contributed by atoms with Crippen molar-refractivity contribution in [2.24, 2.45) is 0 Å². The third kappa shape index (κ3) is 5.83. The maximum Gasteiger partial charge on any atom is 0.143 e. The molecule has 330 valence electrons. The standard InChI is InChI=1S/C69H43NO/c1-2-14-46(15-3-1)54-21-12-22-57-60-43-50(36-41-66(60)71-68(54)57)45-34-39-52(40-35-45)70(51-37-32-44(33-38-51)49-31-30-48-29-28-47-16-4-5-17-53(47)59(48)42-49)65-27-13-26-64-67(65)58-20-8-11-25-63(58)69(64)61-23-9-6-18-55(61)56-19-7-10-24-62(56)69/h1-43H. The lowest BCUT2D eigenvalue weighted by Crippen LogP contribution is -2.26. The van der Waals surface area contributed by atoms with Gasteiger partial charge in [0.05, 0.1) is 11.1 Å². The van der Waals surface area contributed by atoms with Crippen molar-refractivity contribution < 1.29 is 4.42 Å². The molecule has 1 aromatic heterocycles. The van der Waals surface area contributed by atoms with Gasteiger partial charge in [-0.15, -0.1) is 0 Å². The van der Waals surface area contributed by atoms with Gasteiger partial charge in [0.1, 0.15) is 11.2 Å². The zero-order valence-corrected chi connectivity index (χ0v) is 38.7. The van der Waals surface area contributed by atoms with Crippen LogP contribution in [0.25, 0.3) is 99.1 Å². The highest BCUT2D eigenvalue weighted by Crippen LogP contribution is 2.64. The smallest absolute Gasteiger partial charge is 0.143 e. The Bertz CT molecular complexity index is 4230. The molecule has 0 unspecified atom stereocenters. The Hall–Kier alpha value is -9.24. The molecule has 0 saturated heterocycles. The Morgan fingerprint density at radius 1 is 0.296 bits per heavy atom. The first-order valence-corrected chi connectivity index (χ1v) is 24.6. The van der Waals surface area contributed by atoms with Gasteiger partial charge in [-0.1, -0.05) is 212 Å². The Kier molecular flexibility index (Phi) is 8.61. The number of furan rings is 1. The highest BCUT2D eigenvalue weighted by molar-refractivity contribution is 6.11. The molecule has 0 N–H and O–H groups in total. The largest absolute Gasteiger partial charge is 0.455 e. The summed E-state index contributed by atoms with van der Waals surface area (Å²) in [5.74, 6) is 0. The maximum absolute atomic E-state index is 6.58. The minimum atomic E-state index is -0.452. The van der Waals surface area contributed by atoms with Gasteiger partial charge >= 0.3 is 0 Å². The van der Waals surface area contributed by atoms with Crippen LogP contribution in [0.3, 0.4) is 0 Å². The van der Waals surface area contributed by atoms with Gasteiger partial charge in [-0.3, -0.25) is 0 Å². The third-order valence-electron chi connectivity index (χ3n) is 15.5. The molecule has 1 heterocycles. The van der Waals surface area contributed by atoms with Gasteiger partial charge in [-0.2, -0.15) is 0 Å². The van der Waals surface area contributed by atoms with Gasteiger partial charge in [-0.05, 0) is 137 Å². The van der Waals surface area contributed by atoms with Gasteiger partial charge < -0.3 is 9.32 Å². The lowest BCUT2D eigenvalue weighted by molar-refractivity contribution is 0.670. The van der Waals surface area contributed by atoms with Crippen LogP contribution in [0.15, 0.2) is 265 Å². The number of anilines is 3. The summed E-state index contributed by atoms with van der Waals surface area (Å²) in [5, 5.41) is 7.28. The zero-order valence-electron chi connectivity index (χ0n) is 38.7. The summed E-state index contributed by atoms with van der Waals surface area (Å²) in [6, 6.07) is 96.0. The Morgan fingerprint density at radius 3 is 1.49 bits per heavy atom. The van der Waals surface area contributed by atoms with Gasteiger partial charge in [0.25, 0.3) is 0 Å². The van der Waals surface area contributed by atoms with E-state index in [0.29, 0.717) is 0 Å². The number of para-hydroxylation sites is 1. The molecule has 0 aliphatic heterocycles. The second-order valence-electron chi connectivity index (χ2n) is 19.1. The molecule has 0 bridgehead atoms. The lowest BCUT2D eigenvalue weighted by atomic mass is 9.70. The Labute approximate surface area is 412 Å². The van der Waals surface area contributed by atoms with Crippen LogP contribution >= 0.6 is 0 Å². The van der Waals surface area contributed by atoms with Gasteiger partial charge in [-0.25, -0.2) is 0 Å². The predicted molar refractivity (Wildman–Crippen MR) is 296 cm³/mol. The van der Waals surface area contributed by atoms with Crippen molar-refractivity contribution in [2.75, 3.05) is 4.90 Å². The predicted octanol–water partition coefficient (Wildman–Crippen LogP) is 18.7. The number of hydrogen-bond acceptors (Lipinski definition) is 2. The van der Waals surface area contributed by atoms with E-state index in [0.717, 1.165) is 61.3 Å². The van der Waals surface area contributed by atoms with Crippen LogP contribution in [0.4, 0.5) is 17.1 Å². The summed E-state index contributed by atoms with van der Waals surface area (Å²) >= 11 is 0. The molecule has 15 rings (SSSR count). The van der Waals surface area contributed by atoms with Crippen molar-refractivity contribution in [1.82, 2.24) is 0 Å². The van der Waals surface area contributed by atoms with E-state index in [2.05, 4.69) is 266 Å². The van der Waals surface area contributed by atoms with Crippen molar-refractivity contribution in [3.05, 3.63) is 283 Å². The van der Waals surface area contributed by atoms with Crippen LogP contribution in [0.1, 0.15) is 22.3 Å². The molecule has 2 nitrogen and oxygen atoms in total. The fourth-order valence-electron chi connectivity index (χ4n) is 12.3. The quantitative estimate of drug-likeness (QED) is 0.155. The minimum Gasteiger partial charge on any atom is -0.455 e. The van der Waals surface area contributed by atoms with E-state index in [1.807, 2.05) is 0 Å². The third-order valence-corrected chi connectivity index (χ3v) is 15.5. The first-order chi connectivity index (χ1) is 35.2. The van der Waals surface area contributed by atoms with Crippen LogP contribution in [0.5, 0.6) is 0 Å². The van der Waals surface area contributed by atoms with Crippen LogP contribution < -0.4 is 4.90 Å². The molecule has 0 fully saturated rings. The van der Waals surface area contributed by atoms with Crippen LogP contribution in [0.2, 0.25) is 0 Å². The molecule has 0 amide bonds. The van der Waals surface area contributed by atoms with Crippen molar-refractivity contribution in [3.63, 3.8) is 0 Å². The minimum absolute atomic E-state index is 0.452. The lowest BCUT2D eigenvalue weighted by Gasteiger charge is -2.32. The van der Waals surface area contributed by atoms with Crippen LogP contribution in [0, 0.1) is 0 Å². The maximum atomic E-state index is 6.58. The summed E-state index contributed by atoms with van der Waals surface area (Å²) in [4.78, 5) is 2.47. The summed E-state index contributed by atoms with van der Waals surface area (Å²) in [7, 11) is 0. The number of benzene rings is 12. The van der Waals surface area contributed by atoms with E-state index in [1.54, 1.807) is 0 Å². The Morgan fingerprint density at radius 2 is 0.789 bits per heavy atom. The van der Waals surface area contributed by atoms with Crippen molar-refractivity contribution in [1.29, 1.82) is 0 Å². The highest BCUT2D eigenvalue weighted by Gasteiger charge is 2.52. The molecule has 0 atom stereocenters. The van der Waals surface area contributed by atoms with Crippen LogP contribution in [-0.2, 0) is 5.41 Å². The van der Waals surface area contributed by atoms with Gasteiger partial charge in [0.15, 0.2) is 0 Å². The molecule has 2 heteroatoms. The van der Waals surface area contributed by atoms with E-state index in [1.165, 1.54) is 77.2 Å². The normalized spacial score (nSPS) is 12.9. The molecule has 2 aliphatic rings. The summed E-state index contributed by atoms with van der Waals surface area (Å²) in [6.45, 7) is 0. The molecule has 1 spiro atoms. The van der Waals surface area contributed by atoms with E-state index >= 15 is 0 Å². The molecule has 2 aliphatic carbocycles. The summed E-state index contributed by atoms with van der Waals surface area (Å²) < 4.78 is 6.58. The molecular weight excluding hydrogens is 859 g/mol. The summed E-state index contributed by atoms with van der Waals surface area (Å²) in [6.07, 6.45) is 0. The average Bonchev–Trinajstić information content (AvgIpc) is 4.09. The van der Waals surface area contributed by atoms with E-state index < -0.39 is 5.41 Å². The van der Waals surface area contributed by atoms with Crippen molar-refractivity contribution in [3.8, 4) is 55.6 Å². The zero-order chi connectivity index (χ0) is 46.6. The molecule has 0 radical (unpaired) electrons. The number of rotatable bonds is 6. The number of nitrogens with zero attached hydrogens (tertiary/aromatic N) is 1. The molecular formula is C69H43NO. The Balaban J connectivity index is 0.893. The van der Waals surface area contributed by atoms with E-state index in [9.17, 15) is 0 Å². The fraction of sp³-hybridized carbons (Fsp3) is 0.0145. The first kappa shape index (κ1) is 39.7. The first-order valence-electron chi connectivity index (χ1n) is 24.6. The second-order valence-corrected chi connectivity index (χ2v) is 19.1. The molecule has 71 heavy (non-hydrogen) atoms. The van der Waals surface area contributed by atoms with Crippen molar-refractivity contribution in [2.45, 2.75) is 5.41 Å². The topological polar surface area (TPSA) is 16.4 Å². The van der Waals surface area contributed by atoms with Crippen molar-refractivity contribution >= 4 is 60.5 Å². The fourth-order valence-corrected chi connectivity index (χ4v) is 12.3. The molecule has 12 aromatic carbocycles. The molecule has 13 aromatic rings. The number of fused-ring (bicyclic) bond motifs is 16. The van der Waals surface area contributed by atoms with Gasteiger partial charge in [0, 0.05) is 33.3 Å². The SMILES string of the molecule is c1ccc(-c2cccc3c2oc2ccc(-c4ccc(N(c5ccc(-c6ccc7ccc8ccccc8c7c6)cc5)c5cccc6c5-c5ccccc5C65c6ccccc6-c6ccccc65)cc4)cc23)cc1. The second kappa shape index (κ2) is 15.4. The van der Waals surface area contributed by atoms with E-state index in [4.69, 9.17) is 4.42 Å². The monoisotopic (exact) mass is 901 g/mol. The summed E-state index contributed by atoms with van der Waals surface area (Å²) in [5.41, 5.74) is 22.0. The number of hydrogen-bond donors (Lipinski definition) is 0. The van der Waals surface area contributed by atoms with Gasteiger partial charge in [0.2, 0.25) is 0 Å². The average molecular weight is 902 g/mol. The van der Waals surface area contributed by atoms with Crippen LogP contribution in [-0.4, -0.2) is 0 Å². The highest BCUT2D eigenvalue weighted by atomic mass is 16.3.